The third kappa shape index (κ3) is 4.91. The van der Waals surface area contributed by atoms with Crippen LogP contribution in [0.5, 0.6) is 0 Å². The van der Waals surface area contributed by atoms with Crippen LogP contribution in [-0.4, -0.2) is 38.0 Å². The predicted molar refractivity (Wildman–Crippen MR) is 69.2 cm³/mol. The molecular weight excluding hydrogens is 242 g/mol. The van der Waals surface area contributed by atoms with Gasteiger partial charge in [0.05, 0.1) is 12.0 Å². The van der Waals surface area contributed by atoms with E-state index >= 15 is 0 Å². The Bertz CT molecular complexity index is 265. The minimum Gasteiger partial charge on any atom is -0.355 e. The van der Waals surface area contributed by atoms with Gasteiger partial charge in [0, 0.05) is 13.1 Å². The van der Waals surface area contributed by atoms with Gasteiger partial charge in [-0.05, 0) is 33.2 Å². The second-order valence-corrected chi connectivity index (χ2v) is 4.48. The van der Waals surface area contributed by atoms with Gasteiger partial charge in [-0.1, -0.05) is 0 Å². The molecule has 0 aliphatic carbocycles. The first-order valence-corrected chi connectivity index (χ1v) is 5.84. The molecule has 1 rings (SSSR count). The first-order valence-electron chi connectivity index (χ1n) is 5.84. The normalized spacial score (nSPS) is 23.4. The Morgan fingerprint density at radius 3 is 2.59 bits per heavy atom. The zero-order chi connectivity index (χ0) is 12.0. The maximum Gasteiger partial charge on any atom is 0.239 e. The lowest BCUT2D eigenvalue weighted by Gasteiger charge is -2.32. The number of halogens is 1. The highest BCUT2D eigenvalue weighted by Gasteiger charge is 2.34. The molecule has 0 bridgehead atoms. The van der Waals surface area contributed by atoms with E-state index in [0.29, 0.717) is 13.1 Å². The van der Waals surface area contributed by atoms with Crippen molar-refractivity contribution in [2.24, 2.45) is 5.41 Å². The number of hydrogen-bond donors (Lipinski definition) is 3. The molecule has 0 aromatic rings. The summed E-state index contributed by atoms with van der Waals surface area (Å²) >= 11 is 0. The van der Waals surface area contributed by atoms with Crippen LogP contribution in [0.25, 0.3) is 0 Å². The number of carbonyl (C=O) groups is 2. The van der Waals surface area contributed by atoms with Gasteiger partial charge in [0.15, 0.2) is 0 Å². The lowest BCUT2D eigenvalue weighted by molar-refractivity contribution is -0.133. The second kappa shape index (κ2) is 7.50. The van der Waals surface area contributed by atoms with Gasteiger partial charge in [0.2, 0.25) is 11.8 Å². The lowest BCUT2D eigenvalue weighted by atomic mass is 9.82. The Balaban J connectivity index is 0.00000256. The topological polar surface area (TPSA) is 70.2 Å². The number of likely N-dealkylation sites (N-methyl/N-ethyl adjacent to an activating group) is 1. The van der Waals surface area contributed by atoms with Gasteiger partial charge in [0.1, 0.15) is 0 Å². The Kier molecular flexibility index (Phi) is 7.15. The molecule has 6 heteroatoms. The van der Waals surface area contributed by atoms with E-state index in [1.54, 1.807) is 0 Å². The number of carbonyl (C=O) groups excluding carboxylic acids is 2. The van der Waals surface area contributed by atoms with Crippen molar-refractivity contribution in [1.82, 2.24) is 16.0 Å². The van der Waals surface area contributed by atoms with E-state index < -0.39 is 0 Å². The summed E-state index contributed by atoms with van der Waals surface area (Å²) < 4.78 is 0. The fourth-order valence-electron chi connectivity index (χ4n) is 1.88. The molecule has 3 N–H and O–H groups in total. The van der Waals surface area contributed by atoms with Crippen LogP contribution in [0.1, 0.15) is 26.7 Å². The van der Waals surface area contributed by atoms with Crippen LogP contribution in [0.3, 0.4) is 0 Å². The summed E-state index contributed by atoms with van der Waals surface area (Å²) in [5.74, 6) is -0.172. The number of hydrogen-bond acceptors (Lipinski definition) is 3. The third-order valence-corrected chi connectivity index (χ3v) is 2.93. The van der Waals surface area contributed by atoms with Crippen LogP contribution in [-0.2, 0) is 9.59 Å². The minimum absolute atomic E-state index is 0. The molecular formula is C11H22ClN3O2. The Labute approximate surface area is 109 Å². The summed E-state index contributed by atoms with van der Waals surface area (Å²) in [4.78, 5) is 23.1. The molecule has 1 saturated heterocycles. The van der Waals surface area contributed by atoms with Crippen molar-refractivity contribution in [3.05, 3.63) is 0 Å². The molecule has 5 nitrogen and oxygen atoms in total. The molecule has 1 aliphatic heterocycles. The van der Waals surface area contributed by atoms with E-state index in [-0.39, 0.29) is 36.2 Å². The minimum atomic E-state index is -0.370. The van der Waals surface area contributed by atoms with Crippen LogP contribution >= 0.6 is 12.4 Å². The lowest BCUT2D eigenvalue weighted by Crippen LogP contribution is -2.50. The van der Waals surface area contributed by atoms with E-state index in [4.69, 9.17) is 0 Å². The first-order chi connectivity index (χ1) is 7.58. The predicted octanol–water partition coefficient (Wildman–Crippen LogP) is 0.0502. The summed E-state index contributed by atoms with van der Waals surface area (Å²) in [6.45, 7) is 6.11. The van der Waals surface area contributed by atoms with E-state index in [9.17, 15) is 9.59 Å². The van der Waals surface area contributed by atoms with Crippen LogP contribution in [0.15, 0.2) is 0 Å². The standard InChI is InChI=1S/C11H21N3O2.ClH/c1-3-13-9(15)7-14-10(16)11(2)5-4-6-12-8-11;/h12H,3-8H2,1-2H3,(H,13,15)(H,14,16);1H. The van der Waals surface area contributed by atoms with Crippen molar-refractivity contribution < 1.29 is 9.59 Å². The van der Waals surface area contributed by atoms with Gasteiger partial charge >= 0.3 is 0 Å². The Hall–Kier alpha value is -0.810. The van der Waals surface area contributed by atoms with E-state index in [1.807, 2.05) is 13.8 Å². The van der Waals surface area contributed by atoms with Crippen LogP contribution < -0.4 is 16.0 Å². The van der Waals surface area contributed by atoms with Gasteiger partial charge in [-0.3, -0.25) is 9.59 Å². The quantitative estimate of drug-likeness (QED) is 0.671. The second-order valence-electron chi connectivity index (χ2n) is 4.48. The van der Waals surface area contributed by atoms with E-state index in [1.165, 1.54) is 0 Å². The van der Waals surface area contributed by atoms with Crippen molar-refractivity contribution >= 4 is 24.2 Å². The summed E-state index contributed by atoms with van der Waals surface area (Å²) in [5.41, 5.74) is -0.370. The summed E-state index contributed by atoms with van der Waals surface area (Å²) in [6, 6.07) is 0. The van der Waals surface area contributed by atoms with Crippen molar-refractivity contribution in [3.8, 4) is 0 Å². The molecule has 0 saturated carbocycles. The average Bonchev–Trinajstić information content (AvgIpc) is 2.27. The van der Waals surface area contributed by atoms with Crippen LogP contribution in [0, 0.1) is 5.41 Å². The molecule has 0 aromatic heterocycles. The largest absolute Gasteiger partial charge is 0.355 e. The van der Waals surface area contributed by atoms with Gasteiger partial charge in [-0.25, -0.2) is 0 Å². The van der Waals surface area contributed by atoms with Crippen LogP contribution in [0.4, 0.5) is 0 Å². The Morgan fingerprint density at radius 2 is 2.06 bits per heavy atom. The van der Waals surface area contributed by atoms with Gasteiger partial charge in [0.25, 0.3) is 0 Å². The molecule has 1 aliphatic rings. The highest BCUT2D eigenvalue weighted by atomic mass is 35.5. The maximum atomic E-state index is 11.9. The summed E-state index contributed by atoms with van der Waals surface area (Å²) in [6.07, 6.45) is 1.88. The highest BCUT2D eigenvalue weighted by Crippen LogP contribution is 2.25. The third-order valence-electron chi connectivity index (χ3n) is 2.93. The van der Waals surface area contributed by atoms with E-state index in [2.05, 4.69) is 16.0 Å². The van der Waals surface area contributed by atoms with E-state index in [0.717, 1.165) is 19.4 Å². The number of piperidine rings is 1. The Morgan fingerprint density at radius 1 is 1.35 bits per heavy atom. The molecule has 0 radical (unpaired) electrons. The van der Waals surface area contributed by atoms with Gasteiger partial charge in [-0.2, -0.15) is 0 Å². The SMILES string of the molecule is CCNC(=O)CNC(=O)C1(C)CCCNC1.Cl. The van der Waals surface area contributed by atoms with Gasteiger partial charge in [-0.15, -0.1) is 12.4 Å². The fourth-order valence-corrected chi connectivity index (χ4v) is 1.88. The molecule has 100 valence electrons. The zero-order valence-corrected chi connectivity index (χ0v) is 11.3. The monoisotopic (exact) mass is 263 g/mol. The molecule has 0 aromatic carbocycles. The molecule has 0 spiro atoms. The molecule has 2 amide bonds. The molecule has 1 unspecified atom stereocenters. The zero-order valence-electron chi connectivity index (χ0n) is 10.5. The molecule has 1 atom stereocenters. The fraction of sp³-hybridized carbons (Fsp3) is 0.818. The van der Waals surface area contributed by atoms with Crippen molar-refractivity contribution in [2.45, 2.75) is 26.7 Å². The smallest absolute Gasteiger partial charge is 0.239 e. The number of rotatable bonds is 4. The number of nitrogens with one attached hydrogen (secondary N) is 3. The molecule has 17 heavy (non-hydrogen) atoms. The number of amides is 2. The molecule has 1 fully saturated rings. The highest BCUT2D eigenvalue weighted by molar-refractivity contribution is 5.87. The summed E-state index contributed by atoms with van der Waals surface area (Å²) in [5, 5.41) is 8.54. The average molecular weight is 264 g/mol. The van der Waals surface area contributed by atoms with Crippen LogP contribution in [0.2, 0.25) is 0 Å². The first kappa shape index (κ1) is 16.2. The van der Waals surface area contributed by atoms with Crippen molar-refractivity contribution in [2.75, 3.05) is 26.2 Å². The van der Waals surface area contributed by atoms with Crippen molar-refractivity contribution in [3.63, 3.8) is 0 Å². The van der Waals surface area contributed by atoms with Crippen molar-refractivity contribution in [1.29, 1.82) is 0 Å². The van der Waals surface area contributed by atoms with Gasteiger partial charge < -0.3 is 16.0 Å². The molecule has 1 heterocycles. The summed E-state index contributed by atoms with van der Waals surface area (Å²) in [7, 11) is 0. The maximum absolute atomic E-state index is 11.9.